The van der Waals surface area contributed by atoms with E-state index in [0.29, 0.717) is 38.3 Å². The molecule has 1 N–H and O–H groups in total. The molecule has 0 aromatic rings. The van der Waals surface area contributed by atoms with Gasteiger partial charge in [0, 0.05) is 18.5 Å². The van der Waals surface area contributed by atoms with Crippen LogP contribution in [0.3, 0.4) is 0 Å². The van der Waals surface area contributed by atoms with Gasteiger partial charge in [-0.2, -0.15) is 0 Å². The van der Waals surface area contributed by atoms with Crippen molar-refractivity contribution in [1.29, 1.82) is 0 Å². The van der Waals surface area contributed by atoms with Crippen LogP contribution in [0.2, 0.25) is 0 Å². The lowest BCUT2D eigenvalue weighted by Gasteiger charge is -2.22. The Labute approximate surface area is 100 Å². The van der Waals surface area contributed by atoms with Gasteiger partial charge in [0.2, 0.25) is 11.8 Å². The molecule has 0 radical (unpaired) electrons. The second kappa shape index (κ2) is 4.71. The summed E-state index contributed by atoms with van der Waals surface area (Å²) in [5.74, 6) is -0.212. The van der Waals surface area contributed by atoms with E-state index in [0.717, 1.165) is 5.57 Å². The van der Waals surface area contributed by atoms with E-state index in [1.807, 2.05) is 0 Å². The van der Waals surface area contributed by atoms with Gasteiger partial charge in [0.1, 0.15) is 0 Å². The largest absolute Gasteiger partial charge is 0.378 e. The van der Waals surface area contributed by atoms with E-state index < -0.39 is 0 Å². The SMILES string of the molecule is C=C1COCC(CN2C(=O)CCC2=O)NC1=C. The van der Waals surface area contributed by atoms with Crippen LogP contribution in [-0.2, 0) is 14.3 Å². The van der Waals surface area contributed by atoms with Gasteiger partial charge in [-0.25, -0.2) is 0 Å². The van der Waals surface area contributed by atoms with Crippen LogP contribution in [0.4, 0.5) is 0 Å². The normalized spacial score (nSPS) is 26.1. The van der Waals surface area contributed by atoms with Crippen molar-refractivity contribution in [2.24, 2.45) is 0 Å². The maximum absolute atomic E-state index is 11.5. The molecule has 0 spiro atoms. The lowest BCUT2D eigenvalue weighted by Crippen LogP contribution is -2.44. The molecule has 2 heterocycles. The minimum absolute atomic E-state index is 0.104. The smallest absolute Gasteiger partial charge is 0.229 e. The molecule has 0 aromatic carbocycles. The molecule has 0 saturated carbocycles. The van der Waals surface area contributed by atoms with Crippen molar-refractivity contribution in [1.82, 2.24) is 10.2 Å². The number of hydrogen-bond donors (Lipinski definition) is 1. The Balaban J connectivity index is 1.98. The molecule has 2 rings (SSSR count). The molecular formula is C12H16N2O3. The summed E-state index contributed by atoms with van der Waals surface area (Å²) >= 11 is 0. The number of nitrogens with zero attached hydrogens (tertiary/aromatic N) is 1. The van der Waals surface area contributed by atoms with Gasteiger partial charge in [0.25, 0.3) is 0 Å². The van der Waals surface area contributed by atoms with Gasteiger partial charge in [0.15, 0.2) is 0 Å². The number of ether oxygens (including phenoxy) is 1. The van der Waals surface area contributed by atoms with Crippen molar-refractivity contribution in [3.63, 3.8) is 0 Å². The third kappa shape index (κ3) is 2.55. The predicted octanol–water partition coefficient (Wildman–Crippen LogP) is 0.194. The lowest BCUT2D eigenvalue weighted by atomic mass is 10.2. The van der Waals surface area contributed by atoms with Gasteiger partial charge in [-0.15, -0.1) is 0 Å². The van der Waals surface area contributed by atoms with E-state index >= 15 is 0 Å². The molecule has 2 saturated heterocycles. The molecule has 5 heteroatoms. The van der Waals surface area contributed by atoms with Crippen molar-refractivity contribution >= 4 is 11.8 Å². The minimum atomic E-state index is -0.106. The van der Waals surface area contributed by atoms with Gasteiger partial charge in [-0.05, 0) is 5.57 Å². The highest BCUT2D eigenvalue weighted by molar-refractivity contribution is 6.01. The maximum atomic E-state index is 11.5. The quantitative estimate of drug-likeness (QED) is 0.695. The summed E-state index contributed by atoms with van der Waals surface area (Å²) in [7, 11) is 0. The highest BCUT2D eigenvalue weighted by Crippen LogP contribution is 2.14. The Morgan fingerprint density at radius 2 is 1.94 bits per heavy atom. The van der Waals surface area contributed by atoms with Crippen molar-refractivity contribution in [2.45, 2.75) is 18.9 Å². The van der Waals surface area contributed by atoms with Crippen LogP contribution in [0.25, 0.3) is 0 Å². The molecular weight excluding hydrogens is 220 g/mol. The van der Waals surface area contributed by atoms with E-state index in [-0.39, 0.29) is 17.9 Å². The molecule has 2 fully saturated rings. The van der Waals surface area contributed by atoms with Crippen LogP contribution in [0.5, 0.6) is 0 Å². The Morgan fingerprint density at radius 3 is 2.59 bits per heavy atom. The first-order valence-electron chi connectivity index (χ1n) is 5.62. The van der Waals surface area contributed by atoms with Gasteiger partial charge >= 0.3 is 0 Å². The number of rotatable bonds is 2. The van der Waals surface area contributed by atoms with Crippen LogP contribution in [0.15, 0.2) is 24.4 Å². The zero-order chi connectivity index (χ0) is 12.4. The third-order valence-electron chi connectivity index (χ3n) is 2.96. The van der Waals surface area contributed by atoms with Gasteiger partial charge < -0.3 is 10.1 Å². The minimum Gasteiger partial charge on any atom is -0.378 e. The molecule has 17 heavy (non-hydrogen) atoms. The zero-order valence-corrected chi connectivity index (χ0v) is 9.70. The van der Waals surface area contributed by atoms with Crippen LogP contribution in [-0.4, -0.2) is 42.5 Å². The average Bonchev–Trinajstić information content (AvgIpc) is 2.50. The second-order valence-corrected chi connectivity index (χ2v) is 4.34. The van der Waals surface area contributed by atoms with Gasteiger partial charge in [-0.1, -0.05) is 13.2 Å². The first-order chi connectivity index (χ1) is 8.08. The molecule has 0 aliphatic carbocycles. The van der Waals surface area contributed by atoms with E-state index in [9.17, 15) is 9.59 Å². The van der Waals surface area contributed by atoms with Crippen LogP contribution < -0.4 is 5.32 Å². The van der Waals surface area contributed by atoms with Crippen LogP contribution in [0.1, 0.15) is 12.8 Å². The second-order valence-electron chi connectivity index (χ2n) is 4.34. The van der Waals surface area contributed by atoms with E-state index in [1.165, 1.54) is 4.90 Å². The molecule has 0 bridgehead atoms. The van der Waals surface area contributed by atoms with Crippen LogP contribution in [0, 0.1) is 0 Å². The molecule has 2 amide bonds. The molecule has 1 unspecified atom stereocenters. The summed E-state index contributed by atoms with van der Waals surface area (Å²) in [5, 5.41) is 3.13. The standard InChI is InChI=1S/C12H16N2O3/c1-8-6-17-7-10(13-9(8)2)5-14-11(15)3-4-12(14)16/h10,13H,1-7H2. The van der Waals surface area contributed by atoms with E-state index in [1.54, 1.807) is 0 Å². The molecule has 5 nitrogen and oxygen atoms in total. The van der Waals surface area contributed by atoms with E-state index in [4.69, 9.17) is 4.74 Å². The topological polar surface area (TPSA) is 58.6 Å². The number of nitrogens with one attached hydrogen (secondary N) is 1. The first kappa shape index (κ1) is 11.9. The Morgan fingerprint density at radius 1 is 1.29 bits per heavy atom. The number of carbonyl (C=O) groups excluding carboxylic acids is 2. The molecule has 2 aliphatic rings. The fourth-order valence-electron chi connectivity index (χ4n) is 1.95. The molecule has 1 atom stereocenters. The average molecular weight is 236 g/mol. The van der Waals surface area contributed by atoms with Crippen molar-refractivity contribution < 1.29 is 14.3 Å². The van der Waals surface area contributed by atoms with Crippen molar-refractivity contribution in [3.8, 4) is 0 Å². The Bertz CT molecular complexity index is 373. The first-order valence-corrected chi connectivity index (χ1v) is 5.62. The molecule has 2 aliphatic heterocycles. The zero-order valence-electron chi connectivity index (χ0n) is 9.70. The summed E-state index contributed by atoms with van der Waals surface area (Å²) in [6.45, 7) is 8.87. The summed E-state index contributed by atoms with van der Waals surface area (Å²) in [6.07, 6.45) is 0.639. The van der Waals surface area contributed by atoms with Gasteiger partial charge in [0.05, 0.1) is 25.8 Å². The predicted molar refractivity (Wildman–Crippen MR) is 62.0 cm³/mol. The number of hydrogen-bond acceptors (Lipinski definition) is 4. The van der Waals surface area contributed by atoms with Crippen LogP contribution >= 0.6 is 0 Å². The summed E-state index contributed by atoms with van der Waals surface area (Å²) in [6, 6.07) is -0.104. The summed E-state index contributed by atoms with van der Waals surface area (Å²) in [4.78, 5) is 24.3. The van der Waals surface area contributed by atoms with Gasteiger partial charge in [-0.3, -0.25) is 14.5 Å². The summed E-state index contributed by atoms with van der Waals surface area (Å²) in [5.41, 5.74) is 1.51. The summed E-state index contributed by atoms with van der Waals surface area (Å²) < 4.78 is 5.40. The molecule has 0 aromatic heterocycles. The van der Waals surface area contributed by atoms with Crippen molar-refractivity contribution in [3.05, 3.63) is 24.4 Å². The monoisotopic (exact) mass is 236 g/mol. The van der Waals surface area contributed by atoms with Crippen molar-refractivity contribution in [2.75, 3.05) is 19.8 Å². The third-order valence-corrected chi connectivity index (χ3v) is 2.96. The number of carbonyl (C=O) groups is 2. The highest BCUT2D eigenvalue weighted by Gasteiger charge is 2.31. The Hall–Kier alpha value is -1.62. The Kier molecular flexibility index (Phi) is 3.28. The fraction of sp³-hybridized carbons (Fsp3) is 0.500. The number of amides is 2. The van der Waals surface area contributed by atoms with E-state index in [2.05, 4.69) is 18.5 Å². The number of likely N-dealkylation sites (tertiary alicyclic amines) is 1. The lowest BCUT2D eigenvalue weighted by molar-refractivity contribution is -0.138. The number of imide groups is 1. The molecule has 92 valence electrons. The highest BCUT2D eigenvalue weighted by atomic mass is 16.5. The maximum Gasteiger partial charge on any atom is 0.229 e. The fourth-order valence-corrected chi connectivity index (χ4v) is 1.95.